The third-order valence-corrected chi connectivity index (χ3v) is 4.37. The van der Waals surface area contributed by atoms with Gasteiger partial charge in [-0.15, -0.1) is 0 Å². The zero-order valence-corrected chi connectivity index (χ0v) is 14.0. The molecule has 2 rings (SSSR count). The molecule has 0 aliphatic carbocycles. The molecule has 24 heavy (non-hydrogen) atoms. The number of amides is 2. The number of carbonyl (C=O) groups excluding carboxylic acids is 1. The van der Waals surface area contributed by atoms with Crippen molar-refractivity contribution >= 4 is 33.3 Å². The van der Waals surface area contributed by atoms with Gasteiger partial charge in [0.2, 0.25) is 10.0 Å². The zero-order chi connectivity index (χ0) is 17.7. The molecular weight excluding hydrogens is 357 g/mol. The summed E-state index contributed by atoms with van der Waals surface area (Å²) in [5.74, 6) is -0.492. The van der Waals surface area contributed by atoms with Gasteiger partial charge >= 0.3 is 6.03 Å². The number of rotatable bonds is 5. The molecule has 0 aliphatic rings. The van der Waals surface area contributed by atoms with Crippen LogP contribution in [0.15, 0.2) is 47.4 Å². The second-order valence-electron chi connectivity index (χ2n) is 4.94. The summed E-state index contributed by atoms with van der Waals surface area (Å²) >= 11 is 5.81. The van der Waals surface area contributed by atoms with Crippen molar-refractivity contribution in [3.8, 4) is 0 Å². The van der Waals surface area contributed by atoms with Gasteiger partial charge in [-0.1, -0.05) is 23.7 Å². The number of hydrogen-bond donors (Lipinski definition) is 3. The predicted molar refractivity (Wildman–Crippen MR) is 90.0 cm³/mol. The Hall–Kier alpha value is -2.16. The van der Waals surface area contributed by atoms with Crippen LogP contribution < -0.4 is 15.8 Å². The average molecular weight is 372 g/mol. The smallest absolute Gasteiger partial charge is 0.319 e. The molecule has 0 fully saturated rings. The standard InChI is InChI=1S/C15H15ClFN3O3S/c16-13-9-11(17)3-6-14(13)20-15(21)19-8-7-10-1-4-12(5-2-10)24(18,22)23/h1-6,9H,7-8H2,(H2,18,22,23)(H2,19,20,21). The molecule has 0 spiro atoms. The third kappa shape index (κ3) is 5.19. The van der Waals surface area contributed by atoms with E-state index in [1.807, 2.05) is 0 Å². The summed E-state index contributed by atoms with van der Waals surface area (Å²) in [6, 6.07) is 9.23. The zero-order valence-electron chi connectivity index (χ0n) is 12.4. The van der Waals surface area contributed by atoms with Crippen LogP contribution in [0.2, 0.25) is 5.02 Å². The lowest BCUT2D eigenvalue weighted by Gasteiger charge is -2.09. The number of halogens is 2. The maximum atomic E-state index is 12.9. The molecule has 9 heteroatoms. The molecule has 0 atom stereocenters. The van der Waals surface area contributed by atoms with Gasteiger partial charge in [0, 0.05) is 6.54 Å². The molecule has 128 valence electrons. The molecule has 0 bridgehead atoms. The van der Waals surface area contributed by atoms with E-state index in [2.05, 4.69) is 10.6 Å². The second-order valence-corrected chi connectivity index (χ2v) is 6.91. The third-order valence-electron chi connectivity index (χ3n) is 3.13. The van der Waals surface area contributed by atoms with Crippen molar-refractivity contribution in [1.29, 1.82) is 0 Å². The van der Waals surface area contributed by atoms with E-state index in [0.29, 0.717) is 18.7 Å². The molecule has 0 aliphatic heterocycles. The molecule has 2 amide bonds. The minimum Gasteiger partial charge on any atom is -0.338 e. The van der Waals surface area contributed by atoms with Gasteiger partial charge < -0.3 is 10.6 Å². The van der Waals surface area contributed by atoms with Gasteiger partial charge in [0.05, 0.1) is 15.6 Å². The van der Waals surface area contributed by atoms with Crippen molar-refractivity contribution in [3.05, 3.63) is 58.9 Å². The van der Waals surface area contributed by atoms with Gasteiger partial charge in [-0.25, -0.2) is 22.7 Å². The maximum absolute atomic E-state index is 12.9. The molecule has 0 saturated heterocycles. The number of urea groups is 1. The van der Waals surface area contributed by atoms with Gasteiger partial charge in [-0.3, -0.25) is 0 Å². The minimum absolute atomic E-state index is 0.0305. The Morgan fingerprint density at radius 3 is 2.42 bits per heavy atom. The number of primary sulfonamides is 1. The van der Waals surface area contributed by atoms with Crippen molar-refractivity contribution in [2.75, 3.05) is 11.9 Å². The van der Waals surface area contributed by atoms with Crippen LogP contribution in [0, 0.1) is 5.82 Å². The first-order chi connectivity index (χ1) is 11.3. The van der Waals surface area contributed by atoms with E-state index in [1.54, 1.807) is 12.1 Å². The van der Waals surface area contributed by atoms with Crippen LogP contribution in [-0.2, 0) is 16.4 Å². The highest BCUT2D eigenvalue weighted by Gasteiger charge is 2.08. The Balaban J connectivity index is 1.84. The summed E-state index contributed by atoms with van der Waals surface area (Å²) in [6.45, 7) is 0.319. The van der Waals surface area contributed by atoms with Crippen molar-refractivity contribution in [3.63, 3.8) is 0 Å². The highest BCUT2D eigenvalue weighted by molar-refractivity contribution is 7.89. The number of nitrogens with one attached hydrogen (secondary N) is 2. The molecule has 0 radical (unpaired) electrons. The van der Waals surface area contributed by atoms with Crippen molar-refractivity contribution < 1.29 is 17.6 Å². The van der Waals surface area contributed by atoms with Crippen LogP contribution in [0.25, 0.3) is 0 Å². The van der Waals surface area contributed by atoms with E-state index in [-0.39, 0.29) is 9.92 Å². The first-order valence-electron chi connectivity index (χ1n) is 6.87. The number of carbonyl (C=O) groups is 1. The van der Waals surface area contributed by atoms with E-state index >= 15 is 0 Å². The highest BCUT2D eigenvalue weighted by atomic mass is 35.5. The minimum atomic E-state index is -3.71. The summed E-state index contributed by atoms with van der Waals surface area (Å²) in [6.07, 6.45) is 0.496. The van der Waals surface area contributed by atoms with Crippen LogP contribution in [0.3, 0.4) is 0 Å². The lowest BCUT2D eigenvalue weighted by Crippen LogP contribution is -2.30. The van der Waals surface area contributed by atoms with E-state index in [0.717, 1.165) is 11.6 Å². The summed E-state index contributed by atoms with van der Waals surface area (Å²) in [5, 5.41) is 10.2. The fourth-order valence-corrected chi connectivity index (χ4v) is 2.65. The van der Waals surface area contributed by atoms with E-state index in [4.69, 9.17) is 16.7 Å². The van der Waals surface area contributed by atoms with Gasteiger partial charge in [-0.2, -0.15) is 0 Å². The Labute approximate surface area is 143 Å². The summed E-state index contributed by atoms with van der Waals surface area (Å²) in [4.78, 5) is 11.8. The molecule has 0 unspecified atom stereocenters. The molecule has 4 N–H and O–H groups in total. The van der Waals surface area contributed by atoms with E-state index in [9.17, 15) is 17.6 Å². The lowest BCUT2D eigenvalue weighted by molar-refractivity contribution is 0.252. The topological polar surface area (TPSA) is 101 Å². The maximum Gasteiger partial charge on any atom is 0.319 e. The van der Waals surface area contributed by atoms with E-state index < -0.39 is 21.9 Å². The van der Waals surface area contributed by atoms with Gasteiger partial charge in [0.15, 0.2) is 0 Å². The van der Waals surface area contributed by atoms with Gasteiger partial charge in [-0.05, 0) is 42.3 Å². The Bertz CT molecular complexity index is 842. The number of hydrogen-bond acceptors (Lipinski definition) is 3. The first-order valence-corrected chi connectivity index (χ1v) is 8.80. The fraction of sp³-hybridized carbons (Fsp3) is 0.133. The van der Waals surface area contributed by atoms with Crippen LogP contribution in [0.1, 0.15) is 5.56 Å². The highest BCUT2D eigenvalue weighted by Crippen LogP contribution is 2.22. The van der Waals surface area contributed by atoms with Crippen LogP contribution in [0.4, 0.5) is 14.9 Å². The first kappa shape index (κ1) is 18.2. The van der Waals surface area contributed by atoms with Crippen LogP contribution in [-0.4, -0.2) is 21.0 Å². The van der Waals surface area contributed by atoms with Crippen LogP contribution >= 0.6 is 11.6 Å². The van der Waals surface area contributed by atoms with Gasteiger partial charge in [0.1, 0.15) is 5.82 Å². The summed E-state index contributed by atoms with van der Waals surface area (Å²) in [5.41, 5.74) is 1.13. The normalized spacial score (nSPS) is 11.1. The Morgan fingerprint density at radius 1 is 1.17 bits per heavy atom. The largest absolute Gasteiger partial charge is 0.338 e. The molecular formula is C15H15ClFN3O3S. The fourth-order valence-electron chi connectivity index (χ4n) is 1.92. The summed E-state index contributed by atoms with van der Waals surface area (Å²) < 4.78 is 35.2. The summed E-state index contributed by atoms with van der Waals surface area (Å²) in [7, 11) is -3.71. The average Bonchev–Trinajstić information content (AvgIpc) is 2.50. The molecule has 6 nitrogen and oxygen atoms in total. The van der Waals surface area contributed by atoms with Gasteiger partial charge in [0.25, 0.3) is 0 Å². The predicted octanol–water partition coefficient (Wildman–Crippen LogP) is 2.49. The molecule has 0 aromatic heterocycles. The van der Waals surface area contributed by atoms with E-state index in [1.165, 1.54) is 24.3 Å². The molecule has 2 aromatic rings. The number of sulfonamides is 1. The molecule has 2 aromatic carbocycles. The van der Waals surface area contributed by atoms with Crippen molar-refractivity contribution in [2.24, 2.45) is 5.14 Å². The number of anilines is 1. The van der Waals surface area contributed by atoms with Crippen molar-refractivity contribution in [2.45, 2.75) is 11.3 Å². The molecule has 0 saturated carbocycles. The second kappa shape index (κ2) is 7.61. The number of nitrogens with two attached hydrogens (primary N) is 1. The quantitative estimate of drug-likeness (QED) is 0.752. The lowest BCUT2D eigenvalue weighted by atomic mass is 10.1. The van der Waals surface area contributed by atoms with Crippen molar-refractivity contribution in [1.82, 2.24) is 5.32 Å². The Morgan fingerprint density at radius 2 is 1.83 bits per heavy atom. The Kier molecular flexibility index (Phi) is 5.76. The molecule has 0 heterocycles. The number of benzene rings is 2. The van der Waals surface area contributed by atoms with Crippen LogP contribution in [0.5, 0.6) is 0 Å². The monoisotopic (exact) mass is 371 g/mol. The SMILES string of the molecule is NS(=O)(=O)c1ccc(CCNC(=O)Nc2ccc(F)cc2Cl)cc1.